The Hall–Kier alpha value is -4.32. The van der Waals surface area contributed by atoms with Gasteiger partial charge in [-0.1, -0.05) is 72.8 Å². The first kappa shape index (κ1) is 20.0. The number of anilines is 1. The highest BCUT2D eigenvalue weighted by molar-refractivity contribution is 6.14. The van der Waals surface area contributed by atoms with Crippen LogP contribution in [-0.4, -0.2) is 16.6 Å². The number of benzene rings is 4. The second-order valence-electron chi connectivity index (χ2n) is 7.05. The predicted octanol–water partition coefficient (Wildman–Crippen LogP) is 5.16. The molecule has 0 bridgehead atoms. The number of amides is 1. The number of rotatable bonds is 6. The van der Waals surface area contributed by atoms with Crippen LogP contribution in [0.2, 0.25) is 0 Å². The molecule has 0 fully saturated rings. The van der Waals surface area contributed by atoms with Crippen LogP contribution in [0.3, 0.4) is 0 Å². The summed E-state index contributed by atoms with van der Waals surface area (Å²) in [5.41, 5.74) is 1.34. The SMILES string of the molecule is O=C(Cc1cccc2ccccc12)Nc1ccc([N+](=O)[O-])cc1C(=O)c1ccccc1. The van der Waals surface area contributed by atoms with Gasteiger partial charge in [-0.25, -0.2) is 0 Å². The minimum Gasteiger partial charge on any atom is -0.325 e. The fourth-order valence-electron chi connectivity index (χ4n) is 3.50. The van der Waals surface area contributed by atoms with Crippen LogP contribution >= 0.6 is 0 Å². The third kappa shape index (κ3) is 4.33. The number of nitrogens with zero attached hydrogens (tertiary/aromatic N) is 1. The average Bonchev–Trinajstić information content (AvgIpc) is 2.79. The molecule has 152 valence electrons. The highest BCUT2D eigenvalue weighted by Gasteiger charge is 2.20. The highest BCUT2D eigenvalue weighted by Crippen LogP contribution is 2.26. The summed E-state index contributed by atoms with van der Waals surface area (Å²) in [5.74, 6) is -0.711. The monoisotopic (exact) mass is 410 g/mol. The molecule has 1 amide bonds. The van der Waals surface area contributed by atoms with Gasteiger partial charge in [0, 0.05) is 17.7 Å². The molecule has 0 saturated carbocycles. The van der Waals surface area contributed by atoms with Crippen molar-refractivity contribution in [3.63, 3.8) is 0 Å². The Bertz CT molecular complexity index is 1290. The maximum absolute atomic E-state index is 13.0. The van der Waals surface area contributed by atoms with Crippen molar-refractivity contribution in [3.05, 3.63) is 118 Å². The number of hydrogen-bond acceptors (Lipinski definition) is 4. The molecule has 4 aromatic rings. The Balaban J connectivity index is 1.65. The normalized spacial score (nSPS) is 10.6. The van der Waals surface area contributed by atoms with Gasteiger partial charge in [0.1, 0.15) is 0 Å². The van der Waals surface area contributed by atoms with Crippen molar-refractivity contribution in [2.24, 2.45) is 0 Å². The van der Waals surface area contributed by atoms with Crippen LogP contribution in [0, 0.1) is 10.1 Å². The third-order valence-corrected chi connectivity index (χ3v) is 5.00. The van der Waals surface area contributed by atoms with Gasteiger partial charge < -0.3 is 5.32 Å². The van der Waals surface area contributed by atoms with Crippen LogP contribution in [0.5, 0.6) is 0 Å². The maximum atomic E-state index is 13.0. The van der Waals surface area contributed by atoms with Gasteiger partial charge in [0.2, 0.25) is 5.91 Å². The van der Waals surface area contributed by atoms with E-state index in [-0.39, 0.29) is 29.3 Å². The smallest absolute Gasteiger partial charge is 0.270 e. The summed E-state index contributed by atoms with van der Waals surface area (Å²) in [4.78, 5) is 36.4. The van der Waals surface area contributed by atoms with E-state index in [9.17, 15) is 19.7 Å². The summed E-state index contributed by atoms with van der Waals surface area (Å²) in [5, 5.41) is 16.0. The van der Waals surface area contributed by atoms with Crippen LogP contribution in [0.4, 0.5) is 11.4 Å². The van der Waals surface area contributed by atoms with Crippen LogP contribution in [0.15, 0.2) is 91.0 Å². The fourth-order valence-corrected chi connectivity index (χ4v) is 3.50. The molecule has 0 saturated heterocycles. The minimum atomic E-state index is -0.566. The highest BCUT2D eigenvalue weighted by atomic mass is 16.6. The van der Waals surface area contributed by atoms with Gasteiger partial charge in [0.15, 0.2) is 5.78 Å². The van der Waals surface area contributed by atoms with Crippen molar-refractivity contribution in [1.29, 1.82) is 0 Å². The van der Waals surface area contributed by atoms with Crippen LogP contribution in [0.1, 0.15) is 21.5 Å². The molecule has 0 aliphatic carbocycles. The van der Waals surface area contributed by atoms with Gasteiger partial charge >= 0.3 is 0 Å². The lowest BCUT2D eigenvalue weighted by Crippen LogP contribution is -2.17. The molecule has 31 heavy (non-hydrogen) atoms. The van der Waals surface area contributed by atoms with Gasteiger partial charge in [0.05, 0.1) is 22.6 Å². The predicted molar refractivity (Wildman–Crippen MR) is 119 cm³/mol. The Kier molecular flexibility index (Phi) is 5.53. The molecule has 0 atom stereocenters. The van der Waals surface area contributed by atoms with E-state index in [0.717, 1.165) is 16.3 Å². The van der Waals surface area contributed by atoms with E-state index in [2.05, 4.69) is 5.32 Å². The molecule has 1 N–H and O–H groups in total. The lowest BCUT2D eigenvalue weighted by Gasteiger charge is -2.12. The van der Waals surface area contributed by atoms with Gasteiger partial charge in [-0.05, 0) is 22.4 Å². The van der Waals surface area contributed by atoms with E-state index in [1.165, 1.54) is 18.2 Å². The molecule has 0 unspecified atom stereocenters. The molecule has 0 aliphatic heterocycles. The summed E-state index contributed by atoms with van der Waals surface area (Å²) in [6, 6.07) is 25.8. The lowest BCUT2D eigenvalue weighted by atomic mass is 10.00. The first-order valence-corrected chi connectivity index (χ1v) is 9.67. The second-order valence-corrected chi connectivity index (χ2v) is 7.05. The Morgan fingerprint density at radius 1 is 0.839 bits per heavy atom. The summed E-state index contributed by atoms with van der Waals surface area (Å²) in [6.07, 6.45) is 0.108. The van der Waals surface area contributed by atoms with Crippen molar-refractivity contribution in [2.75, 3.05) is 5.32 Å². The second kappa shape index (κ2) is 8.59. The van der Waals surface area contributed by atoms with Gasteiger partial charge in [0.25, 0.3) is 5.69 Å². The maximum Gasteiger partial charge on any atom is 0.270 e. The van der Waals surface area contributed by atoms with E-state index in [4.69, 9.17) is 0 Å². The molecule has 0 radical (unpaired) electrons. The first-order valence-electron chi connectivity index (χ1n) is 9.67. The Labute approximate surface area is 178 Å². The molecule has 4 rings (SSSR count). The van der Waals surface area contributed by atoms with Gasteiger partial charge in [-0.15, -0.1) is 0 Å². The van der Waals surface area contributed by atoms with Crippen LogP contribution in [0.25, 0.3) is 10.8 Å². The molecular formula is C25H18N2O4. The fraction of sp³-hybridized carbons (Fsp3) is 0.0400. The number of non-ortho nitro benzene ring substituents is 1. The van der Waals surface area contributed by atoms with Crippen molar-refractivity contribution >= 4 is 33.8 Å². The Morgan fingerprint density at radius 3 is 2.32 bits per heavy atom. The third-order valence-electron chi connectivity index (χ3n) is 5.00. The number of nitro benzene ring substituents is 1. The Morgan fingerprint density at radius 2 is 1.55 bits per heavy atom. The molecule has 6 nitrogen and oxygen atoms in total. The molecule has 0 spiro atoms. The first-order chi connectivity index (χ1) is 15.0. The number of ketones is 1. The molecule has 0 aromatic heterocycles. The minimum absolute atomic E-state index is 0.0756. The zero-order valence-corrected chi connectivity index (χ0v) is 16.4. The van der Waals surface area contributed by atoms with Crippen molar-refractivity contribution in [2.45, 2.75) is 6.42 Å². The molecule has 4 aromatic carbocycles. The number of carbonyl (C=O) groups excluding carboxylic acids is 2. The summed E-state index contributed by atoms with van der Waals surface area (Å²) < 4.78 is 0. The number of nitro groups is 1. The van der Waals surface area contributed by atoms with Crippen molar-refractivity contribution in [1.82, 2.24) is 0 Å². The van der Waals surface area contributed by atoms with Crippen molar-refractivity contribution in [3.8, 4) is 0 Å². The van der Waals surface area contributed by atoms with Crippen LogP contribution < -0.4 is 5.32 Å². The molecule has 0 aliphatic rings. The van der Waals surface area contributed by atoms with Gasteiger partial charge in [-0.2, -0.15) is 0 Å². The number of hydrogen-bond donors (Lipinski definition) is 1. The lowest BCUT2D eigenvalue weighted by molar-refractivity contribution is -0.384. The van der Waals surface area contributed by atoms with E-state index < -0.39 is 10.7 Å². The topological polar surface area (TPSA) is 89.3 Å². The van der Waals surface area contributed by atoms with E-state index in [0.29, 0.717) is 5.56 Å². The summed E-state index contributed by atoms with van der Waals surface area (Å²) >= 11 is 0. The van der Waals surface area contributed by atoms with Gasteiger partial charge in [-0.3, -0.25) is 19.7 Å². The van der Waals surface area contributed by atoms with Crippen LogP contribution in [-0.2, 0) is 11.2 Å². The number of nitrogens with one attached hydrogen (secondary N) is 1. The quantitative estimate of drug-likeness (QED) is 0.270. The van der Waals surface area contributed by atoms with E-state index in [1.807, 2.05) is 42.5 Å². The summed E-state index contributed by atoms with van der Waals surface area (Å²) in [6.45, 7) is 0. The van der Waals surface area contributed by atoms with E-state index >= 15 is 0 Å². The zero-order chi connectivity index (χ0) is 21.8. The molecular weight excluding hydrogens is 392 g/mol. The molecule has 6 heteroatoms. The largest absolute Gasteiger partial charge is 0.325 e. The van der Waals surface area contributed by atoms with E-state index in [1.54, 1.807) is 30.3 Å². The molecule has 0 heterocycles. The number of carbonyl (C=O) groups is 2. The average molecular weight is 410 g/mol. The van der Waals surface area contributed by atoms with Crippen molar-refractivity contribution < 1.29 is 14.5 Å². The zero-order valence-electron chi connectivity index (χ0n) is 16.4. The number of fused-ring (bicyclic) bond motifs is 1. The summed E-state index contributed by atoms with van der Waals surface area (Å²) in [7, 11) is 0. The standard InChI is InChI=1S/C25H18N2O4/c28-24(15-19-11-6-10-17-7-4-5-12-21(17)19)26-23-14-13-20(27(30)31)16-22(23)25(29)18-8-2-1-3-9-18/h1-14,16H,15H2,(H,26,28).